The molecule has 0 spiro atoms. The number of carbonyl (C=O) groups is 3. The van der Waals surface area contributed by atoms with Crippen molar-refractivity contribution in [3.05, 3.63) is 96.1 Å². The Hall–Kier alpha value is -4.19. The Morgan fingerprint density at radius 1 is 0.853 bits per heavy atom. The third kappa shape index (κ3) is 4.10. The molecule has 1 saturated heterocycles. The van der Waals surface area contributed by atoms with Crippen molar-refractivity contribution in [2.45, 2.75) is 19.8 Å². The summed E-state index contributed by atoms with van der Waals surface area (Å²) in [7, 11) is 0. The van der Waals surface area contributed by atoms with Crippen molar-refractivity contribution in [1.82, 2.24) is 0 Å². The molecule has 1 fully saturated rings. The zero-order valence-electron chi connectivity index (χ0n) is 18.7. The molecule has 0 aromatic heterocycles. The highest BCUT2D eigenvalue weighted by Gasteiger charge is 2.49. The Morgan fingerprint density at radius 3 is 2.26 bits per heavy atom. The number of benzene rings is 3. The predicted octanol–water partition coefficient (Wildman–Crippen LogP) is 5.58. The monoisotopic (exact) mass is 452 g/mol. The molecule has 6 heteroatoms. The Morgan fingerprint density at radius 2 is 1.50 bits per heavy atom. The van der Waals surface area contributed by atoms with E-state index in [4.69, 9.17) is 4.74 Å². The number of hydrogen-bond donors (Lipinski definition) is 1. The van der Waals surface area contributed by atoms with Gasteiger partial charge in [0.05, 0.1) is 23.1 Å². The molecule has 1 aliphatic carbocycles. The topological polar surface area (TPSA) is 75.7 Å². The average Bonchev–Trinajstić information content (AvgIpc) is 3.10. The summed E-state index contributed by atoms with van der Waals surface area (Å²) in [5.41, 5.74) is 2.30. The first-order valence-electron chi connectivity index (χ1n) is 11.3. The SMILES string of the molecule is CC1=CC[C@H]2C(=O)N(c3ccccc3C(=O)Nc3ccc(Oc4ccccc4)cc3)C(=O)[C@H]2C1. The number of ether oxygens (including phenoxy) is 1. The summed E-state index contributed by atoms with van der Waals surface area (Å²) in [6, 6.07) is 23.2. The Bertz CT molecular complexity index is 1280. The molecule has 2 atom stereocenters. The molecule has 3 aromatic rings. The number of anilines is 2. The van der Waals surface area contributed by atoms with Gasteiger partial charge in [-0.05, 0) is 68.3 Å². The van der Waals surface area contributed by atoms with Crippen molar-refractivity contribution in [1.29, 1.82) is 0 Å². The lowest BCUT2D eigenvalue weighted by Gasteiger charge is -2.19. The van der Waals surface area contributed by atoms with Gasteiger partial charge in [-0.1, -0.05) is 42.0 Å². The maximum Gasteiger partial charge on any atom is 0.257 e. The number of para-hydroxylation sites is 2. The molecular formula is C28H24N2O4. The van der Waals surface area contributed by atoms with Crippen LogP contribution in [0.15, 0.2) is 90.5 Å². The molecule has 1 heterocycles. The molecule has 6 nitrogen and oxygen atoms in total. The van der Waals surface area contributed by atoms with Gasteiger partial charge in [-0.25, -0.2) is 4.90 Å². The third-order valence-corrected chi connectivity index (χ3v) is 6.30. The number of rotatable bonds is 5. The van der Waals surface area contributed by atoms with E-state index in [0.29, 0.717) is 30.0 Å². The number of amides is 3. The first kappa shape index (κ1) is 21.6. The summed E-state index contributed by atoms with van der Waals surface area (Å²) < 4.78 is 5.79. The first-order chi connectivity index (χ1) is 16.5. The molecule has 1 N–H and O–H groups in total. The number of nitrogens with zero attached hydrogens (tertiary/aromatic N) is 1. The van der Waals surface area contributed by atoms with Crippen LogP contribution in [0.4, 0.5) is 11.4 Å². The van der Waals surface area contributed by atoms with Crippen molar-refractivity contribution in [2.75, 3.05) is 10.2 Å². The van der Waals surface area contributed by atoms with Gasteiger partial charge < -0.3 is 10.1 Å². The maximum absolute atomic E-state index is 13.1. The van der Waals surface area contributed by atoms with Gasteiger partial charge in [0.25, 0.3) is 5.91 Å². The lowest BCUT2D eigenvalue weighted by Crippen LogP contribution is -2.33. The number of carbonyl (C=O) groups excluding carboxylic acids is 3. The van der Waals surface area contributed by atoms with Crippen LogP contribution < -0.4 is 15.0 Å². The van der Waals surface area contributed by atoms with Crippen molar-refractivity contribution >= 4 is 29.1 Å². The van der Waals surface area contributed by atoms with Gasteiger partial charge >= 0.3 is 0 Å². The minimum atomic E-state index is -0.392. The second-order valence-corrected chi connectivity index (χ2v) is 8.63. The van der Waals surface area contributed by atoms with Crippen molar-refractivity contribution in [2.24, 2.45) is 11.8 Å². The summed E-state index contributed by atoms with van der Waals surface area (Å²) in [5, 5.41) is 2.86. The molecule has 3 amide bonds. The van der Waals surface area contributed by atoms with Crippen molar-refractivity contribution in [3.8, 4) is 11.5 Å². The summed E-state index contributed by atoms with van der Waals surface area (Å²) in [5.74, 6) is -0.206. The van der Waals surface area contributed by atoms with Crippen LogP contribution in [0.1, 0.15) is 30.1 Å². The fraction of sp³-hybridized carbons (Fsp3) is 0.179. The highest BCUT2D eigenvalue weighted by molar-refractivity contribution is 6.25. The van der Waals surface area contributed by atoms with Crippen LogP contribution >= 0.6 is 0 Å². The Labute approximate surface area is 197 Å². The van der Waals surface area contributed by atoms with E-state index in [1.807, 2.05) is 43.3 Å². The molecule has 5 rings (SSSR count). The molecule has 2 aliphatic rings. The highest BCUT2D eigenvalue weighted by Crippen LogP contribution is 2.40. The lowest BCUT2D eigenvalue weighted by atomic mass is 9.82. The van der Waals surface area contributed by atoms with Gasteiger partial charge in [-0.15, -0.1) is 0 Å². The summed E-state index contributed by atoms with van der Waals surface area (Å²) in [4.78, 5) is 40.6. The van der Waals surface area contributed by atoms with E-state index in [0.717, 1.165) is 11.3 Å². The molecule has 170 valence electrons. The molecule has 0 bridgehead atoms. The van der Waals surface area contributed by atoms with Crippen molar-refractivity contribution < 1.29 is 19.1 Å². The first-order valence-corrected chi connectivity index (χ1v) is 11.3. The number of fused-ring (bicyclic) bond motifs is 1. The zero-order chi connectivity index (χ0) is 23.7. The van der Waals surface area contributed by atoms with Gasteiger partial charge in [0.15, 0.2) is 0 Å². The maximum atomic E-state index is 13.1. The van der Waals surface area contributed by atoms with Gasteiger partial charge in [0.2, 0.25) is 11.8 Å². The summed E-state index contributed by atoms with van der Waals surface area (Å²) >= 11 is 0. The number of allylic oxidation sites excluding steroid dienone is 2. The van der Waals surface area contributed by atoms with Crippen LogP contribution in [0, 0.1) is 11.8 Å². The molecule has 34 heavy (non-hydrogen) atoms. The molecule has 0 radical (unpaired) electrons. The van der Waals surface area contributed by atoms with Crippen molar-refractivity contribution in [3.63, 3.8) is 0 Å². The summed E-state index contributed by atoms with van der Waals surface area (Å²) in [6.07, 6.45) is 3.17. The predicted molar refractivity (Wildman–Crippen MR) is 130 cm³/mol. The normalized spacial score (nSPS) is 19.4. The average molecular weight is 453 g/mol. The van der Waals surface area contributed by atoms with E-state index < -0.39 is 5.91 Å². The minimum absolute atomic E-state index is 0.231. The van der Waals surface area contributed by atoms with Gasteiger partial charge in [0.1, 0.15) is 11.5 Å². The van der Waals surface area contributed by atoms with Crippen LogP contribution in [0.2, 0.25) is 0 Å². The second kappa shape index (κ2) is 8.98. The van der Waals surface area contributed by atoms with Crippen LogP contribution in [0.3, 0.4) is 0 Å². The standard InChI is InChI=1S/C28H24N2O4/c1-18-11-16-22-24(17-18)28(33)30(27(22)32)25-10-6-5-9-23(25)26(31)29-19-12-14-21(15-13-19)34-20-7-3-2-4-8-20/h2-15,22,24H,16-17H2,1H3,(H,29,31)/t22-,24+/m1/s1. The van der Waals surface area contributed by atoms with Crippen LogP contribution in [0.25, 0.3) is 0 Å². The fourth-order valence-corrected chi connectivity index (χ4v) is 4.56. The van der Waals surface area contributed by atoms with E-state index >= 15 is 0 Å². The Kier molecular flexibility index (Phi) is 5.72. The van der Waals surface area contributed by atoms with Crippen LogP contribution in [0.5, 0.6) is 11.5 Å². The number of hydrogen-bond acceptors (Lipinski definition) is 4. The van der Waals surface area contributed by atoms with Gasteiger partial charge in [-0.3, -0.25) is 14.4 Å². The van der Waals surface area contributed by atoms with Crippen LogP contribution in [-0.4, -0.2) is 17.7 Å². The Balaban J connectivity index is 1.34. The highest BCUT2D eigenvalue weighted by atomic mass is 16.5. The lowest BCUT2D eigenvalue weighted by molar-refractivity contribution is -0.122. The van der Waals surface area contributed by atoms with Gasteiger partial charge in [-0.2, -0.15) is 0 Å². The minimum Gasteiger partial charge on any atom is -0.457 e. The van der Waals surface area contributed by atoms with E-state index in [1.165, 1.54) is 4.90 Å². The second-order valence-electron chi connectivity index (χ2n) is 8.63. The zero-order valence-corrected chi connectivity index (χ0v) is 18.7. The molecule has 1 aliphatic heterocycles. The van der Waals surface area contributed by atoms with E-state index in [-0.39, 0.29) is 29.2 Å². The number of imide groups is 1. The van der Waals surface area contributed by atoms with E-state index in [1.54, 1.807) is 48.5 Å². The fourth-order valence-electron chi connectivity index (χ4n) is 4.56. The van der Waals surface area contributed by atoms with E-state index in [2.05, 4.69) is 5.32 Å². The summed E-state index contributed by atoms with van der Waals surface area (Å²) in [6.45, 7) is 1.98. The number of nitrogens with one attached hydrogen (secondary N) is 1. The van der Waals surface area contributed by atoms with Crippen LogP contribution in [-0.2, 0) is 9.59 Å². The quantitative estimate of drug-likeness (QED) is 0.405. The molecular weight excluding hydrogens is 428 g/mol. The van der Waals surface area contributed by atoms with E-state index in [9.17, 15) is 14.4 Å². The third-order valence-electron chi connectivity index (χ3n) is 6.30. The largest absolute Gasteiger partial charge is 0.457 e. The smallest absolute Gasteiger partial charge is 0.257 e. The molecule has 3 aromatic carbocycles. The van der Waals surface area contributed by atoms with Gasteiger partial charge in [0, 0.05) is 5.69 Å². The molecule has 0 unspecified atom stereocenters. The molecule has 0 saturated carbocycles.